The van der Waals surface area contributed by atoms with E-state index in [-0.39, 0.29) is 12.6 Å². The molecule has 0 unspecified atom stereocenters. The largest absolute Gasteiger partial charge is 0.462 e. The average molecular weight is 183 g/mol. The van der Waals surface area contributed by atoms with Gasteiger partial charge < -0.3 is 14.8 Å². The van der Waals surface area contributed by atoms with E-state index >= 15 is 0 Å². The molecule has 72 valence electrons. The third-order valence-corrected chi connectivity index (χ3v) is 1.74. The highest BCUT2D eigenvalue weighted by molar-refractivity contribution is 5.90. The molecule has 4 nitrogen and oxygen atoms in total. The Morgan fingerprint density at radius 1 is 1.69 bits per heavy atom. The summed E-state index contributed by atoms with van der Waals surface area (Å²) in [5, 5.41) is 8.80. The van der Waals surface area contributed by atoms with Gasteiger partial charge in [0.25, 0.3) is 0 Å². The fourth-order valence-corrected chi connectivity index (χ4v) is 1.13. The average Bonchev–Trinajstić information content (AvgIpc) is 2.47. The fraction of sp³-hybridized carbons (Fsp3) is 0.444. The van der Waals surface area contributed by atoms with Crippen LogP contribution in [0.3, 0.4) is 0 Å². The maximum Gasteiger partial charge on any atom is 0.339 e. The molecule has 0 aliphatic heterocycles. The molecule has 1 aromatic rings. The van der Waals surface area contributed by atoms with Crippen LogP contribution in [0.5, 0.6) is 0 Å². The smallest absolute Gasteiger partial charge is 0.339 e. The Morgan fingerprint density at radius 2 is 2.38 bits per heavy atom. The number of carbonyl (C=O) groups is 1. The molecule has 0 radical (unpaired) electrons. The summed E-state index contributed by atoms with van der Waals surface area (Å²) in [5.41, 5.74) is 1.84. The number of nitrogens with one attached hydrogen (secondary N) is 1. The van der Waals surface area contributed by atoms with Crippen LogP contribution in [0.15, 0.2) is 6.07 Å². The van der Waals surface area contributed by atoms with E-state index in [1.54, 1.807) is 19.9 Å². The lowest BCUT2D eigenvalue weighted by Crippen LogP contribution is -2.04. The summed E-state index contributed by atoms with van der Waals surface area (Å²) in [6.45, 7) is 3.79. The van der Waals surface area contributed by atoms with E-state index in [1.807, 2.05) is 0 Å². The van der Waals surface area contributed by atoms with Gasteiger partial charge in [0.15, 0.2) is 0 Å². The van der Waals surface area contributed by atoms with Crippen molar-refractivity contribution in [1.82, 2.24) is 4.98 Å². The molecule has 0 saturated carbocycles. The van der Waals surface area contributed by atoms with Gasteiger partial charge in [0.1, 0.15) is 0 Å². The molecule has 0 aliphatic rings. The number of hydrogen-bond acceptors (Lipinski definition) is 3. The van der Waals surface area contributed by atoms with E-state index in [9.17, 15) is 4.79 Å². The van der Waals surface area contributed by atoms with E-state index in [0.29, 0.717) is 17.9 Å². The Balaban J connectivity index is 2.87. The van der Waals surface area contributed by atoms with Crippen molar-refractivity contribution in [3.8, 4) is 0 Å². The predicted octanol–water partition coefficient (Wildman–Crippen LogP) is 0.992. The van der Waals surface area contributed by atoms with Crippen molar-refractivity contribution in [3.05, 3.63) is 23.0 Å². The second kappa shape index (κ2) is 4.09. The van der Waals surface area contributed by atoms with E-state index in [2.05, 4.69) is 4.98 Å². The van der Waals surface area contributed by atoms with Crippen molar-refractivity contribution in [1.29, 1.82) is 0 Å². The van der Waals surface area contributed by atoms with Crippen molar-refractivity contribution in [2.45, 2.75) is 20.5 Å². The minimum atomic E-state index is -0.351. The first-order valence-corrected chi connectivity index (χ1v) is 4.15. The molecule has 0 aromatic carbocycles. The van der Waals surface area contributed by atoms with Crippen LogP contribution in [0.1, 0.15) is 28.7 Å². The van der Waals surface area contributed by atoms with Crippen molar-refractivity contribution in [2.24, 2.45) is 0 Å². The summed E-state index contributed by atoms with van der Waals surface area (Å²) < 4.78 is 4.83. The van der Waals surface area contributed by atoms with Gasteiger partial charge in [-0.1, -0.05) is 0 Å². The van der Waals surface area contributed by atoms with Gasteiger partial charge in [0.2, 0.25) is 0 Å². The number of aryl methyl sites for hydroxylation is 1. The summed E-state index contributed by atoms with van der Waals surface area (Å²) in [5.74, 6) is -0.351. The van der Waals surface area contributed by atoms with Crippen LogP contribution in [-0.4, -0.2) is 22.7 Å². The first-order valence-electron chi connectivity index (χ1n) is 4.15. The monoisotopic (exact) mass is 183 g/mol. The van der Waals surface area contributed by atoms with Gasteiger partial charge in [-0.25, -0.2) is 4.79 Å². The highest BCUT2D eigenvalue weighted by Crippen LogP contribution is 2.11. The summed E-state index contributed by atoms with van der Waals surface area (Å²) >= 11 is 0. The molecule has 0 aliphatic carbocycles. The fourth-order valence-electron chi connectivity index (χ4n) is 1.13. The van der Waals surface area contributed by atoms with Crippen LogP contribution in [0.2, 0.25) is 0 Å². The Hall–Kier alpha value is -1.29. The molecule has 0 bridgehead atoms. The van der Waals surface area contributed by atoms with Crippen LogP contribution in [-0.2, 0) is 11.3 Å². The minimum absolute atomic E-state index is 0.0970. The molecule has 0 fully saturated rings. The SMILES string of the molecule is CCOC(=O)c1cc(CO)[nH]c1C. The molecule has 1 aromatic heterocycles. The van der Waals surface area contributed by atoms with Crippen LogP contribution < -0.4 is 0 Å². The third kappa shape index (κ3) is 2.09. The van der Waals surface area contributed by atoms with Gasteiger partial charge in [-0.05, 0) is 19.9 Å². The molecule has 0 atom stereocenters. The molecule has 0 spiro atoms. The van der Waals surface area contributed by atoms with Crippen molar-refractivity contribution in [2.75, 3.05) is 6.61 Å². The summed E-state index contributed by atoms with van der Waals surface area (Å²) in [6, 6.07) is 1.60. The van der Waals surface area contributed by atoms with Gasteiger partial charge in [0.05, 0.1) is 18.8 Å². The first kappa shape index (κ1) is 9.80. The molecule has 13 heavy (non-hydrogen) atoms. The number of carbonyl (C=O) groups excluding carboxylic acids is 1. The van der Waals surface area contributed by atoms with E-state index in [4.69, 9.17) is 9.84 Å². The maximum absolute atomic E-state index is 11.3. The molecular weight excluding hydrogens is 170 g/mol. The quantitative estimate of drug-likeness (QED) is 0.687. The first-order chi connectivity index (χ1) is 6.19. The van der Waals surface area contributed by atoms with Crippen LogP contribution >= 0.6 is 0 Å². The lowest BCUT2D eigenvalue weighted by Gasteiger charge is -1.98. The molecule has 1 heterocycles. The van der Waals surface area contributed by atoms with Crippen LogP contribution in [0, 0.1) is 6.92 Å². The number of esters is 1. The van der Waals surface area contributed by atoms with Crippen molar-refractivity contribution in [3.63, 3.8) is 0 Å². The number of rotatable bonds is 3. The lowest BCUT2D eigenvalue weighted by molar-refractivity contribution is 0.0525. The Labute approximate surface area is 76.5 Å². The zero-order chi connectivity index (χ0) is 9.84. The van der Waals surface area contributed by atoms with Gasteiger partial charge >= 0.3 is 5.97 Å². The summed E-state index contributed by atoms with van der Waals surface area (Å²) in [6.07, 6.45) is 0. The Bertz CT molecular complexity index is 304. The second-order valence-electron chi connectivity index (χ2n) is 2.71. The highest BCUT2D eigenvalue weighted by atomic mass is 16.5. The van der Waals surface area contributed by atoms with Gasteiger partial charge in [-0.3, -0.25) is 0 Å². The molecule has 0 amide bonds. The Kier molecular flexibility index (Phi) is 3.08. The highest BCUT2D eigenvalue weighted by Gasteiger charge is 2.12. The molecule has 2 N–H and O–H groups in total. The van der Waals surface area contributed by atoms with Crippen LogP contribution in [0.4, 0.5) is 0 Å². The zero-order valence-corrected chi connectivity index (χ0v) is 7.76. The predicted molar refractivity (Wildman–Crippen MR) is 47.4 cm³/mol. The van der Waals surface area contributed by atoms with Crippen LogP contribution in [0.25, 0.3) is 0 Å². The van der Waals surface area contributed by atoms with Gasteiger partial charge in [-0.2, -0.15) is 0 Å². The van der Waals surface area contributed by atoms with E-state index in [1.165, 1.54) is 0 Å². The summed E-state index contributed by atoms with van der Waals surface area (Å²) in [4.78, 5) is 14.2. The Morgan fingerprint density at radius 3 is 2.85 bits per heavy atom. The number of hydrogen-bond donors (Lipinski definition) is 2. The van der Waals surface area contributed by atoms with Crippen molar-refractivity contribution >= 4 is 5.97 Å². The van der Waals surface area contributed by atoms with E-state index < -0.39 is 0 Å². The van der Waals surface area contributed by atoms with Crippen molar-refractivity contribution < 1.29 is 14.6 Å². The molecule has 1 rings (SSSR count). The standard InChI is InChI=1S/C9H13NO3/c1-3-13-9(12)8-4-7(5-11)10-6(8)2/h4,10-11H,3,5H2,1-2H3. The number of aliphatic hydroxyl groups excluding tert-OH is 1. The minimum Gasteiger partial charge on any atom is -0.462 e. The second-order valence-corrected chi connectivity index (χ2v) is 2.71. The number of ether oxygens (including phenoxy) is 1. The lowest BCUT2D eigenvalue weighted by atomic mass is 10.2. The molecule has 4 heteroatoms. The molecular formula is C9H13NO3. The summed E-state index contributed by atoms with van der Waals surface area (Å²) in [7, 11) is 0. The number of H-pyrrole nitrogens is 1. The van der Waals surface area contributed by atoms with Gasteiger partial charge in [-0.15, -0.1) is 0 Å². The molecule has 0 saturated heterocycles. The number of aromatic nitrogens is 1. The maximum atomic E-state index is 11.3. The zero-order valence-electron chi connectivity index (χ0n) is 7.76. The van der Waals surface area contributed by atoms with Gasteiger partial charge in [0, 0.05) is 11.4 Å². The number of aliphatic hydroxyl groups is 1. The number of aromatic amines is 1. The normalized spacial score (nSPS) is 10.1. The van der Waals surface area contributed by atoms with E-state index in [0.717, 1.165) is 5.69 Å². The third-order valence-electron chi connectivity index (χ3n) is 1.74. The topological polar surface area (TPSA) is 62.3 Å².